The summed E-state index contributed by atoms with van der Waals surface area (Å²) in [5.41, 5.74) is 1.83. The van der Waals surface area contributed by atoms with Gasteiger partial charge in [-0.1, -0.05) is 24.6 Å². The third-order valence-corrected chi connectivity index (χ3v) is 3.39. The number of aryl methyl sites for hydroxylation is 1. The zero-order valence-electron chi connectivity index (χ0n) is 11.5. The van der Waals surface area contributed by atoms with Crippen LogP contribution in [-0.4, -0.2) is 18.0 Å². The van der Waals surface area contributed by atoms with Crippen LogP contribution in [0.15, 0.2) is 24.3 Å². The summed E-state index contributed by atoms with van der Waals surface area (Å²) in [5.74, 6) is -0.195. The van der Waals surface area contributed by atoms with Crippen molar-refractivity contribution < 1.29 is 14.3 Å². The number of rotatable bonds is 4. The van der Waals surface area contributed by atoms with Crippen LogP contribution in [0.1, 0.15) is 25.8 Å². The lowest BCUT2D eigenvalue weighted by Crippen LogP contribution is -2.30. The molecule has 0 saturated heterocycles. The second-order valence-corrected chi connectivity index (χ2v) is 5.25. The molecular formula is C15H19NO3. The molecule has 0 spiro atoms. The molecular weight excluding hydrogens is 242 g/mol. The van der Waals surface area contributed by atoms with Gasteiger partial charge in [0.15, 0.2) is 6.10 Å². The molecule has 1 N–H and O–H groups in total. The van der Waals surface area contributed by atoms with Crippen molar-refractivity contribution in [2.24, 2.45) is 11.8 Å². The Labute approximate surface area is 113 Å². The molecule has 4 heteroatoms. The first-order valence-electron chi connectivity index (χ1n) is 6.55. The van der Waals surface area contributed by atoms with Crippen molar-refractivity contribution in [1.82, 2.24) is 0 Å². The first kappa shape index (κ1) is 13.6. The third-order valence-electron chi connectivity index (χ3n) is 3.39. The summed E-state index contributed by atoms with van der Waals surface area (Å²) in [6.45, 7) is 5.57. The number of nitrogens with one attached hydrogen (secondary N) is 1. The van der Waals surface area contributed by atoms with Gasteiger partial charge in [0, 0.05) is 5.69 Å². The fourth-order valence-corrected chi connectivity index (χ4v) is 1.85. The first-order valence-corrected chi connectivity index (χ1v) is 6.55. The summed E-state index contributed by atoms with van der Waals surface area (Å²) < 4.78 is 5.15. The van der Waals surface area contributed by atoms with E-state index in [1.807, 2.05) is 38.1 Å². The number of ether oxygens (including phenoxy) is 1. The van der Waals surface area contributed by atoms with Crippen LogP contribution in [0.3, 0.4) is 0 Å². The molecule has 1 aliphatic rings. The Morgan fingerprint density at radius 1 is 1.32 bits per heavy atom. The van der Waals surface area contributed by atoms with Crippen LogP contribution in [0.5, 0.6) is 0 Å². The Bertz CT molecular complexity index is 481. The van der Waals surface area contributed by atoms with Crippen LogP contribution in [0, 0.1) is 18.8 Å². The molecule has 19 heavy (non-hydrogen) atoms. The van der Waals surface area contributed by atoms with Crippen molar-refractivity contribution in [2.75, 3.05) is 5.32 Å². The summed E-state index contributed by atoms with van der Waals surface area (Å²) in [4.78, 5) is 23.5. The highest BCUT2D eigenvalue weighted by Crippen LogP contribution is 2.38. The summed E-state index contributed by atoms with van der Waals surface area (Å²) in [5, 5.41) is 2.73. The van der Waals surface area contributed by atoms with Crippen LogP contribution >= 0.6 is 0 Å². The molecule has 0 aliphatic heterocycles. The lowest BCUT2D eigenvalue weighted by atomic mass is 10.2. The van der Waals surface area contributed by atoms with Gasteiger partial charge in [0.1, 0.15) is 0 Å². The Morgan fingerprint density at radius 2 is 1.89 bits per heavy atom. The van der Waals surface area contributed by atoms with Crippen molar-refractivity contribution in [3.63, 3.8) is 0 Å². The molecule has 1 aromatic rings. The van der Waals surface area contributed by atoms with E-state index in [-0.39, 0.29) is 17.8 Å². The summed E-state index contributed by atoms with van der Waals surface area (Å²) >= 11 is 0. The van der Waals surface area contributed by atoms with E-state index in [0.29, 0.717) is 11.6 Å². The fourth-order valence-electron chi connectivity index (χ4n) is 1.85. The monoisotopic (exact) mass is 261 g/mol. The number of amides is 1. The van der Waals surface area contributed by atoms with Gasteiger partial charge in [-0.05, 0) is 38.3 Å². The molecule has 3 atom stereocenters. The highest BCUT2D eigenvalue weighted by molar-refractivity contribution is 5.95. The lowest BCUT2D eigenvalue weighted by Gasteiger charge is -2.13. The van der Waals surface area contributed by atoms with E-state index in [2.05, 4.69) is 5.32 Å². The fraction of sp³-hybridized carbons (Fsp3) is 0.467. The summed E-state index contributed by atoms with van der Waals surface area (Å²) in [6, 6.07) is 7.48. The zero-order valence-corrected chi connectivity index (χ0v) is 11.5. The van der Waals surface area contributed by atoms with Gasteiger partial charge in [0.25, 0.3) is 5.91 Å². The van der Waals surface area contributed by atoms with Gasteiger partial charge in [-0.15, -0.1) is 0 Å². The maximum absolute atomic E-state index is 11.9. The van der Waals surface area contributed by atoms with E-state index in [1.54, 1.807) is 6.92 Å². The van der Waals surface area contributed by atoms with E-state index in [4.69, 9.17) is 4.74 Å². The first-order chi connectivity index (χ1) is 8.97. The molecule has 2 rings (SSSR count). The normalized spacial score (nSPS) is 22.5. The number of carbonyl (C=O) groups excluding carboxylic acids is 2. The molecule has 102 valence electrons. The number of hydrogen-bond acceptors (Lipinski definition) is 3. The van der Waals surface area contributed by atoms with E-state index >= 15 is 0 Å². The van der Waals surface area contributed by atoms with Crippen molar-refractivity contribution in [1.29, 1.82) is 0 Å². The second kappa shape index (κ2) is 5.43. The van der Waals surface area contributed by atoms with Gasteiger partial charge in [-0.25, -0.2) is 0 Å². The van der Waals surface area contributed by atoms with Crippen molar-refractivity contribution in [3.8, 4) is 0 Å². The number of anilines is 1. The van der Waals surface area contributed by atoms with Crippen LogP contribution in [-0.2, 0) is 14.3 Å². The maximum Gasteiger partial charge on any atom is 0.309 e. The number of hydrogen-bond donors (Lipinski definition) is 1. The quantitative estimate of drug-likeness (QED) is 0.847. The predicted octanol–water partition coefficient (Wildman–Crippen LogP) is 2.52. The van der Waals surface area contributed by atoms with Gasteiger partial charge in [0.2, 0.25) is 0 Å². The summed E-state index contributed by atoms with van der Waals surface area (Å²) in [6.07, 6.45) is 0.104. The Hall–Kier alpha value is -1.84. The number of carbonyl (C=O) groups is 2. The van der Waals surface area contributed by atoms with Crippen LogP contribution < -0.4 is 5.32 Å². The predicted molar refractivity (Wildman–Crippen MR) is 72.6 cm³/mol. The van der Waals surface area contributed by atoms with E-state index < -0.39 is 6.10 Å². The molecule has 0 heterocycles. The molecule has 0 radical (unpaired) electrons. The lowest BCUT2D eigenvalue weighted by molar-refractivity contribution is -0.154. The highest BCUT2D eigenvalue weighted by atomic mass is 16.5. The molecule has 1 saturated carbocycles. The van der Waals surface area contributed by atoms with Gasteiger partial charge >= 0.3 is 5.97 Å². The minimum atomic E-state index is -0.762. The summed E-state index contributed by atoms with van der Waals surface area (Å²) in [7, 11) is 0. The van der Waals surface area contributed by atoms with E-state index in [1.165, 1.54) is 0 Å². The van der Waals surface area contributed by atoms with Gasteiger partial charge in [-0.2, -0.15) is 0 Å². The number of benzene rings is 1. The maximum atomic E-state index is 11.9. The molecule has 0 aromatic heterocycles. The van der Waals surface area contributed by atoms with Gasteiger partial charge < -0.3 is 10.1 Å². The Kier molecular flexibility index (Phi) is 3.88. The van der Waals surface area contributed by atoms with E-state index in [0.717, 1.165) is 12.0 Å². The molecule has 1 amide bonds. The van der Waals surface area contributed by atoms with Crippen LogP contribution in [0.2, 0.25) is 0 Å². The standard InChI is InChI=1S/C15H19NO3/c1-9-4-6-12(7-5-9)16-14(17)11(3)19-15(18)13-8-10(13)2/h4-7,10-11,13H,8H2,1-3H3,(H,16,17)/t10-,11-,13-/m0/s1. The minimum absolute atomic E-state index is 0.0189. The Balaban J connectivity index is 1.85. The highest BCUT2D eigenvalue weighted by Gasteiger charge is 2.41. The van der Waals surface area contributed by atoms with Crippen LogP contribution in [0.4, 0.5) is 5.69 Å². The Morgan fingerprint density at radius 3 is 2.42 bits per heavy atom. The molecule has 1 fully saturated rings. The third kappa shape index (κ3) is 3.56. The average molecular weight is 261 g/mol. The minimum Gasteiger partial charge on any atom is -0.452 e. The van der Waals surface area contributed by atoms with Crippen molar-refractivity contribution in [3.05, 3.63) is 29.8 Å². The topological polar surface area (TPSA) is 55.4 Å². The van der Waals surface area contributed by atoms with E-state index in [9.17, 15) is 9.59 Å². The molecule has 1 aromatic carbocycles. The van der Waals surface area contributed by atoms with Crippen molar-refractivity contribution >= 4 is 17.6 Å². The van der Waals surface area contributed by atoms with Gasteiger partial charge in [0.05, 0.1) is 5.92 Å². The molecule has 0 bridgehead atoms. The largest absolute Gasteiger partial charge is 0.452 e. The average Bonchev–Trinajstić information content (AvgIpc) is 3.09. The molecule has 4 nitrogen and oxygen atoms in total. The molecule has 1 aliphatic carbocycles. The van der Waals surface area contributed by atoms with Crippen molar-refractivity contribution in [2.45, 2.75) is 33.3 Å². The number of esters is 1. The molecule has 0 unspecified atom stereocenters. The smallest absolute Gasteiger partial charge is 0.309 e. The second-order valence-electron chi connectivity index (χ2n) is 5.25. The van der Waals surface area contributed by atoms with Gasteiger partial charge in [-0.3, -0.25) is 9.59 Å². The SMILES string of the molecule is Cc1ccc(NC(=O)[C@H](C)OC(=O)[C@H]2C[C@@H]2C)cc1. The zero-order chi connectivity index (χ0) is 14.0. The van der Waals surface area contributed by atoms with Crippen LogP contribution in [0.25, 0.3) is 0 Å².